The lowest BCUT2D eigenvalue weighted by Crippen LogP contribution is -2.34. The predicted octanol–water partition coefficient (Wildman–Crippen LogP) is 1.98. The zero-order chi connectivity index (χ0) is 13.8. The lowest BCUT2D eigenvalue weighted by Gasteiger charge is -2.18. The molecule has 0 fully saturated rings. The highest BCUT2D eigenvalue weighted by atomic mass is 16.7. The molecule has 98 valence electrons. The molecule has 0 aliphatic rings. The van der Waals surface area contributed by atoms with Crippen LogP contribution in [0.15, 0.2) is 24.3 Å². The van der Waals surface area contributed by atoms with Gasteiger partial charge in [0.05, 0.1) is 16.9 Å². The number of nitro benzene ring substituents is 1. The van der Waals surface area contributed by atoms with Crippen LogP contribution in [-0.4, -0.2) is 16.4 Å². The Kier molecular flexibility index (Phi) is 4.38. The van der Waals surface area contributed by atoms with Crippen LogP contribution in [0.1, 0.15) is 26.3 Å². The number of amides is 1. The molecule has 1 aromatic rings. The monoisotopic (exact) mass is 252 g/mol. The van der Waals surface area contributed by atoms with Crippen molar-refractivity contribution in [1.29, 1.82) is 0 Å². The first kappa shape index (κ1) is 14.1. The number of nitro groups is 1. The number of benzene rings is 1. The Morgan fingerprint density at radius 2 is 2.11 bits per heavy atom. The van der Waals surface area contributed by atoms with E-state index in [0.29, 0.717) is 5.56 Å². The van der Waals surface area contributed by atoms with Gasteiger partial charge in [-0.2, -0.15) is 0 Å². The van der Waals surface area contributed by atoms with Crippen LogP contribution in [0.5, 0.6) is 0 Å². The Morgan fingerprint density at radius 1 is 1.44 bits per heavy atom. The van der Waals surface area contributed by atoms with Crippen molar-refractivity contribution in [1.82, 2.24) is 5.48 Å². The van der Waals surface area contributed by atoms with Crippen molar-refractivity contribution in [3.05, 3.63) is 39.9 Å². The Bertz CT molecular complexity index is 452. The maximum absolute atomic E-state index is 11.5. The normalized spacial score (nSPS) is 11.1. The van der Waals surface area contributed by atoms with E-state index < -0.39 is 10.5 Å². The van der Waals surface area contributed by atoms with Crippen molar-refractivity contribution in [2.45, 2.75) is 32.8 Å². The second-order valence-corrected chi connectivity index (χ2v) is 4.84. The van der Waals surface area contributed by atoms with Crippen LogP contribution in [-0.2, 0) is 16.1 Å². The highest BCUT2D eigenvalue weighted by molar-refractivity contribution is 5.77. The number of carbonyl (C=O) groups is 1. The van der Waals surface area contributed by atoms with Gasteiger partial charge in [-0.25, -0.2) is 5.48 Å². The van der Waals surface area contributed by atoms with Crippen LogP contribution < -0.4 is 5.48 Å². The molecule has 1 aromatic carbocycles. The first-order chi connectivity index (χ1) is 8.28. The maximum atomic E-state index is 11.5. The fraction of sp³-hybridized carbons (Fsp3) is 0.417. The molecule has 0 unspecified atom stereocenters. The Hall–Kier alpha value is -1.95. The summed E-state index contributed by atoms with van der Waals surface area (Å²) in [6, 6.07) is 5.96. The van der Waals surface area contributed by atoms with Gasteiger partial charge in [-0.15, -0.1) is 0 Å². The van der Waals surface area contributed by atoms with Crippen molar-refractivity contribution >= 4 is 11.6 Å². The minimum atomic E-state index is -0.493. The van der Waals surface area contributed by atoms with E-state index in [0.717, 1.165) is 0 Å². The third kappa shape index (κ3) is 4.92. The summed E-state index contributed by atoms with van der Waals surface area (Å²) < 4.78 is 0. The van der Waals surface area contributed by atoms with E-state index >= 15 is 0 Å². The number of hydrogen-bond donors (Lipinski definition) is 1. The zero-order valence-electron chi connectivity index (χ0n) is 10.6. The Morgan fingerprint density at radius 3 is 2.67 bits per heavy atom. The predicted molar refractivity (Wildman–Crippen MR) is 65.8 cm³/mol. The number of non-ortho nitro benzene ring substituents is 1. The van der Waals surface area contributed by atoms with Gasteiger partial charge in [-0.05, 0) is 26.3 Å². The van der Waals surface area contributed by atoms with Gasteiger partial charge in [0.2, 0.25) is 5.91 Å². The third-order valence-corrected chi connectivity index (χ3v) is 1.96. The van der Waals surface area contributed by atoms with Crippen molar-refractivity contribution < 1.29 is 14.6 Å². The average molecular weight is 252 g/mol. The maximum Gasteiger partial charge on any atom is 0.269 e. The topological polar surface area (TPSA) is 81.5 Å². The smallest absolute Gasteiger partial charge is 0.269 e. The standard InChI is InChI=1S/C12H16N2O4/c1-12(2,3)18-13-11(15)8-9-5-4-6-10(7-9)14(16)17/h4-7H,8H2,1-3H3,(H,13,15). The number of hydrogen-bond acceptors (Lipinski definition) is 4. The van der Waals surface area contributed by atoms with Crippen LogP contribution in [0.4, 0.5) is 5.69 Å². The first-order valence-electron chi connectivity index (χ1n) is 5.48. The average Bonchev–Trinajstić information content (AvgIpc) is 2.26. The SMILES string of the molecule is CC(C)(C)ONC(=O)Cc1cccc([N+](=O)[O-])c1. The van der Waals surface area contributed by atoms with Crippen LogP contribution >= 0.6 is 0 Å². The number of rotatable bonds is 4. The molecule has 1 amide bonds. The molecule has 18 heavy (non-hydrogen) atoms. The van der Waals surface area contributed by atoms with E-state index in [1.54, 1.807) is 32.9 Å². The van der Waals surface area contributed by atoms with E-state index in [2.05, 4.69) is 5.48 Å². The highest BCUT2D eigenvalue weighted by Crippen LogP contribution is 2.13. The van der Waals surface area contributed by atoms with E-state index in [9.17, 15) is 14.9 Å². The summed E-state index contributed by atoms with van der Waals surface area (Å²) >= 11 is 0. The largest absolute Gasteiger partial charge is 0.272 e. The second-order valence-electron chi connectivity index (χ2n) is 4.84. The lowest BCUT2D eigenvalue weighted by molar-refractivity contribution is -0.384. The molecular weight excluding hydrogens is 236 g/mol. The van der Waals surface area contributed by atoms with Crippen LogP contribution in [0, 0.1) is 10.1 Å². The molecule has 0 radical (unpaired) electrons. The van der Waals surface area contributed by atoms with Crippen molar-refractivity contribution in [3.63, 3.8) is 0 Å². The molecular formula is C12H16N2O4. The first-order valence-corrected chi connectivity index (χ1v) is 5.48. The summed E-state index contributed by atoms with van der Waals surface area (Å²) in [5, 5.41) is 10.6. The van der Waals surface area contributed by atoms with Gasteiger partial charge < -0.3 is 0 Å². The fourth-order valence-electron chi connectivity index (χ4n) is 1.21. The van der Waals surface area contributed by atoms with Gasteiger partial charge in [0.25, 0.3) is 5.69 Å². The molecule has 0 heterocycles. The minimum absolute atomic E-state index is 0.0305. The summed E-state index contributed by atoms with van der Waals surface area (Å²) in [5.41, 5.74) is 2.38. The van der Waals surface area contributed by atoms with Crippen molar-refractivity contribution in [3.8, 4) is 0 Å². The molecule has 1 rings (SSSR count). The molecule has 0 saturated carbocycles. The van der Waals surface area contributed by atoms with E-state index in [-0.39, 0.29) is 18.0 Å². The van der Waals surface area contributed by atoms with Gasteiger partial charge in [0, 0.05) is 12.1 Å². The van der Waals surface area contributed by atoms with Gasteiger partial charge in [0.15, 0.2) is 0 Å². The van der Waals surface area contributed by atoms with E-state index in [1.165, 1.54) is 12.1 Å². The molecule has 0 aliphatic carbocycles. The summed E-state index contributed by atoms with van der Waals surface area (Å²) in [4.78, 5) is 26.7. The van der Waals surface area contributed by atoms with E-state index in [4.69, 9.17) is 4.84 Å². The third-order valence-electron chi connectivity index (χ3n) is 1.96. The second kappa shape index (κ2) is 5.59. The zero-order valence-corrected chi connectivity index (χ0v) is 10.6. The molecule has 0 aromatic heterocycles. The van der Waals surface area contributed by atoms with Gasteiger partial charge >= 0.3 is 0 Å². The summed E-state index contributed by atoms with van der Waals surface area (Å²) in [6.07, 6.45) is 0.0394. The molecule has 1 N–H and O–H groups in total. The molecule has 6 heteroatoms. The number of nitrogens with one attached hydrogen (secondary N) is 1. The van der Waals surface area contributed by atoms with Crippen LogP contribution in [0.25, 0.3) is 0 Å². The molecule has 6 nitrogen and oxygen atoms in total. The summed E-state index contributed by atoms with van der Waals surface area (Å²) in [6.45, 7) is 5.42. The number of carbonyl (C=O) groups excluding carboxylic acids is 1. The molecule has 0 saturated heterocycles. The van der Waals surface area contributed by atoms with Gasteiger partial charge in [0.1, 0.15) is 0 Å². The lowest BCUT2D eigenvalue weighted by atomic mass is 10.1. The fourth-order valence-corrected chi connectivity index (χ4v) is 1.21. The van der Waals surface area contributed by atoms with Crippen molar-refractivity contribution in [2.75, 3.05) is 0 Å². The highest BCUT2D eigenvalue weighted by Gasteiger charge is 2.14. The minimum Gasteiger partial charge on any atom is -0.272 e. The Balaban J connectivity index is 2.59. The van der Waals surface area contributed by atoms with Gasteiger partial charge in [-0.3, -0.25) is 19.7 Å². The summed E-state index contributed by atoms with van der Waals surface area (Å²) in [7, 11) is 0. The quantitative estimate of drug-likeness (QED) is 0.656. The molecule has 0 bridgehead atoms. The number of nitrogens with zero attached hydrogens (tertiary/aromatic N) is 1. The number of hydroxylamine groups is 1. The van der Waals surface area contributed by atoms with Crippen molar-refractivity contribution in [2.24, 2.45) is 0 Å². The van der Waals surface area contributed by atoms with Crippen LogP contribution in [0.2, 0.25) is 0 Å². The van der Waals surface area contributed by atoms with E-state index in [1.807, 2.05) is 0 Å². The summed E-state index contributed by atoms with van der Waals surface area (Å²) in [5.74, 6) is -0.342. The molecule has 0 atom stereocenters. The van der Waals surface area contributed by atoms with Crippen LogP contribution in [0.3, 0.4) is 0 Å². The molecule has 0 spiro atoms. The molecule has 0 aliphatic heterocycles. The van der Waals surface area contributed by atoms with Gasteiger partial charge in [-0.1, -0.05) is 12.1 Å². The Labute approximate surface area is 105 Å².